The second kappa shape index (κ2) is 12.9. The molecule has 10 heteroatoms. The topological polar surface area (TPSA) is 122 Å². The number of esters is 1. The summed E-state index contributed by atoms with van der Waals surface area (Å²) >= 11 is 0. The summed E-state index contributed by atoms with van der Waals surface area (Å²) in [7, 11) is 0. The highest BCUT2D eigenvalue weighted by atomic mass is 16.6. The maximum atomic E-state index is 12.6. The zero-order valence-electron chi connectivity index (χ0n) is 26.8. The van der Waals surface area contributed by atoms with Crippen molar-refractivity contribution in [3.05, 3.63) is 83.7 Å². The standard InChI is InChI=1S/C37H39N5O5/c1-3-45-35(43)20-30-26(23-11-12-23)8-6-10-34(30)47-22-32-31-19-24(27-7-5-9-29-28(27)15-17-39-36(29)38)13-14-33(31)42(40-32)25-16-18-41(21-25)37(44)46-4-2/h5-10,13-15,17,19,23,25H,3-4,11-12,16,18,20-22H2,1-2H3,(H2,38,39). The molecule has 1 aliphatic carbocycles. The van der Waals surface area contributed by atoms with Crippen LogP contribution in [0.3, 0.4) is 0 Å². The maximum absolute atomic E-state index is 12.6. The molecule has 1 saturated heterocycles. The number of nitrogen functional groups attached to an aromatic ring is 1. The summed E-state index contributed by atoms with van der Waals surface area (Å²) in [6.45, 7) is 5.63. The Morgan fingerprint density at radius 2 is 1.77 bits per heavy atom. The lowest BCUT2D eigenvalue weighted by molar-refractivity contribution is -0.142. The van der Waals surface area contributed by atoms with Crippen LogP contribution in [0, 0.1) is 0 Å². The first-order valence-electron chi connectivity index (χ1n) is 16.4. The van der Waals surface area contributed by atoms with Crippen molar-refractivity contribution < 1.29 is 23.8 Å². The number of nitrogens with zero attached hydrogens (tertiary/aromatic N) is 4. The lowest BCUT2D eigenvalue weighted by atomic mass is 9.97. The molecule has 7 rings (SSSR count). The van der Waals surface area contributed by atoms with Crippen LogP contribution in [0.4, 0.5) is 10.6 Å². The Bertz CT molecular complexity index is 1970. The lowest BCUT2D eigenvalue weighted by Gasteiger charge is -2.16. The molecule has 0 bridgehead atoms. The Labute approximate surface area is 273 Å². The quantitative estimate of drug-likeness (QED) is 0.167. The Balaban J connectivity index is 1.27. The highest BCUT2D eigenvalue weighted by Gasteiger charge is 2.31. The van der Waals surface area contributed by atoms with Gasteiger partial charge in [0.15, 0.2) is 0 Å². The van der Waals surface area contributed by atoms with Crippen LogP contribution in [-0.2, 0) is 27.3 Å². The number of pyridine rings is 1. The summed E-state index contributed by atoms with van der Waals surface area (Å²) in [5.41, 5.74) is 12.1. The molecule has 2 fully saturated rings. The molecule has 2 aromatic heterocycles. The second-order valence-corrected chi connectivity index (χ2v) is 12.2. The van der Waals surface area contributed by atoms with Crippen molar-refractivity contribution in [3.63, 3.8) is 0 Å². The van der Waals surface area contributed by atoms with Gasteiger partial charge in [-0.1, -0.05) is 36.4 Å². The van der Waals surface area contributed by atoms with E-state index >= 15 is 0 Å². The predicted octanol–water partition coefficient (Wildman–Crippen LogP) is 6.80. The number of hydrogen-bond acceptors (Lipinski definition) is 8. The molecular weight excluding hydrogens is 594 g/mol. The van der Waals surface area contributed by atoms with Crippen molar-refractivity contribution in [1.82, 2.24) is 19.7 Å². The normalized spacial score (nSPS) is 16.1. The molecule has 3 heterocycles. The zero-order chi connectivity index (χ0) is 32.5. The molecule has 1 saturated carbocycles. The van der Waals surface area contributed by atoms with Crippen LogP contribution >= 0.6 is 0 Å². The molecule has 2 N–H and O–H groups in total. The number of fused-ring (bicyclic) bond motifs is 2. The summed E-state index contributed by atoms with van der Waals surface area (Å²) < 4.78 is 19.2. The molecule has 1 atom stereocenters. The number of anilines is 1. The monoisotopic (exact) mass is 633 g/mol. The van der Waals surface area contributed by atoms with Gasteiger partial charge < -0.3 is 24.8 Å². The fraction of sp³-hybridized carbons (Fsp3) is 0.351. The third-order valence-corrected chi connectivity index (χ3v) is 9.14. The van der Waals surface area contributed by atoms with E-state index in [0.717, 1.165) is 68.9 Å². The number of carbonyl (C=O) groups is 2. The molecule has 0 radical (unpaired) electrons. The highest BCUT2D eigenvalue weighted by molar-refractivity contribution is 6.02. The maximum Gasteiger partial charge on any atom is 0.409 e. The summed E-state index contributed by atoms with van der Waals surface area (Å²) in [5.74, 6) is 1.35. The number of ether oxygens (including phenoxy) is 3. The first kappa shape index (κ1) is 30.5. The molecule has 1 unspecified atom stereocenters. The molecule has 0 spiro atoms. The van der Waals surface area contributed by atoms with E-state index in [1.807, 2.05) is 48.9 Å². The molecule has 3 aromatic carbocycles. The van der Waals surface area contributed by atoms with Crippen LogP contribution in [0.2, 0.25) is 0 Å². The smallest absolute Gasteiger partial charge is 0.409 e. The molecule has 5 aromatic rings. The van der Waals surface area contributed by atoms with Gasteiger partial charge in [-0.15, -0.1) is 0 Å². The number of rotatable bonds is 10. The van der Waals surface area contributed by atoms with Gasteiger partial charge in [0.25, 0.3) is 0 Å². The van der Waals surface area contributed by atoms with Crippen molar-refractivity contribution in [2.45, 2.75) is 58.1 Å². The van der Waals surface area contributed by atoms with E-state index in [4.69, 9.17) is 25.0 Å². The minimum absolute atomic E-state index is 0.0116. The van der Waals surface area contributed by atoms with Crippen molar-refractivity contribution in [2.75, 3.05) is 32.0 Å². The van der Waals surface area contributed by atoms with Crippen LogP contribution in [-0.4, -0.2) is 58.0 Å². The van der Waals surface area contributed by atoms with Gasteiger partial charge in [0.1, 0.15) is 23.9 Å². The zero-order valence-corrected chi connectivity index (χ0v) is 26.8. The summed E-state index contributed by atoms with van der Waals surface area (Å²) in [6, 6.07) is 20.4. The number of aromatic nitrogens is 3. The highest BCUT2D eigenvalue weighted by Crippen LogP contribution is 2.44. The Hall–Kier alpha value is -5.12. The number of likely N-dealkylation sites (tertiary alicyclic amines) is 1. The van der Waals surface area contributed by atoms with Gasteiger partial charge in [0, 0.05) is 35.6 Å². The minimum atomic E-state index is -0.299. The van der Waals surface area contributed by atoms with E-state index in [9.17, 15) is 9.59 Å². The fourth-order valence-corrected chi connectivity index (χ4v) is 6.75. The molecule has 2 aliphatic rings. The van der Waals surface area contributed by atoms with Crippen LogP contribution < -0.4 is 10.5 Å². The van der Waals surface area contributed by atoms with Crippen molar-refractivity contribution >= 4 is 39.6 Å². The summed E-state index contributed by atoms with van der Waals surface area (Å²) in [5, 5.41) is 8.00. The number of amides is 1. The number of benzene rings is 3. The molecule has 10 nitrogen and oxygen atoms in total. The SMILES string of the molecule is CCOC(=O)Cc1c(OCc2nn(C3CCN(C(=O)OCC)C3)c3ccc(-c4cccc5c(N)nccc45)cc23)cccc1C1CC1. The summed E-state index contributed by atoms with van der Waals surface area (Å²) in [4.78, 5) is 31.2. The minimum Gasteiger partial charge on any atom is -0.487 e. The van der Waals surface area contributed by atoms with Gasteiger partial charge >= 0.3 is 12.1 Å². The molecule has 242 valence electrons. The number of carbonyl (C=O) groups excluding carboxylic acids is 2. The fourth-order valence-electron chi connectivity index (χ4n) is 6.75. The van der Waals surface area contributed by atoms with E-state index in [0.29, 0.717) is 43.8 Å². The van der Waals surface area contributed by atoms with Gasteiger partial charge in [-0.25, -0.2) is 9.78 Å². The van der Waals surface area contributed by atoms with Gasteiger partial charge in [0.2, 0.25) is 0 Å². The number of nitrogens with two attached hydrogens (primary N) is 1. The van der Waals surface area contributed by atoms with Crippen LogP contribution in [0.5, 0.6) is 5.75 Å². The van der Waals surface area contributed by atoms with Gasteiger partial charge in [0.05, 0.1) is 31.2 Å². The van der Waals surface area contributed by atoms with E-state index in [1.165, 1.54) is 0 Å². The Kier molecular flexibility index (Phi) is 8.41. The lowest BCUT2D eigenvalue weighted by Crippen LogP contribution is -2.29. The number of hydrogen-bond donors (Lipinski definition) is 1. The molecule has 1 amide bonds. The molecular formula is C37H39N5O5. The third-order valence-electron chi connectivity index (χ3n) is 9.14. The van der Waals surface area contributed by atoms with E-state index < -0.39 is 0 Å². The van der Waals surface area contributed by atoms with E-state index in [1.54, 1.807) is 11.1 Å². The predicted molar refractivity (Wildman–Crippen MR) is 180 cm³/mol. The van der Waals surface area contributed by atoms with Crippen LogP contribution in [0.15, 0.2) is 66.9 Å². The third kappa shape index (κ3) is 6.07. The van der Waals surface area contributed by atoms with Crippen molar-refractivity contribution in [2.24, 2.45) is 0 Å². The van der Waals surface area contributed by atoms with Crippen molar-refractivity contribution in [3.8, 4) is 16.9 Å². The second-order valence-electron chi connectivity index (χ2n) is 12.2. The van der Waals surface area contributed by atoms with Gasteiger partial charge in [-0.2, -0.15) is 5.10 Å². The first-order valence-corrected chi connectivity index (χ1v) is 16.4. The Morgan fingerprint density at radius 3 is 2.57 bits per heavy atom. The molecule has 1 aliphatic heterocycles. The van der Waals surface area contributed by atoms with Crippen LogP contribution in [0.25, 0.3) is 32.8 Å². The van der Waals surface area contributed by atoms with E-state index in [2.05, 4.69) is 35.3 Å². The van der Waals surface area contributed by atoms with Gasteiger partial charge in [-0.3, -0.25) is 9.48 Å². The Morgan fingerprint density at radius 1 is 0.936 bits per heavy atom. The first-order chi connectivity index (χ1) is 22.9. The van der Waals surface area contributed by atoms with Crippen molar-refractivity contribution in [1.29, 1.82) is 0 Å². The average molecular weight is 634 g/mol. The van der Waals surface area contributed by atoms with Gasteiger partial charge in [-0.05, 0) is 85.4 Å². The average Bonchev–Trinajstić information content (AvgIpc) is 3.69. The molecule has 47 heavy (non-hydrogen) atoms. The van der Waals surface area contributed by atoms with Crippen LogP contribution in [0.1, 0.15) is 61.9 Å². The summed E-state index contributed by atoms with van der Waals surface area (Å²) in [6.07, 6.45) is 4.58. The van der Waals surface area contributed by atoms with E-state index in [-0.39, 0.29) is 31.1 Å². The largest absolute Gasteiger partial charge is 0.487 e.